The summed E-state index contributed by atoms with van der Waals surface area (Å²) < 4.78 is 32.5. The van der Waals surface area contributed by atoms with Crippen LogP contribution in [0.25, 0.3) is 0 Å². The molecule has 1 unspecified atom stereocenters. The number of likely N-dealkylation sites (N-methyl/N-ethyl adjacent to an activating group) is 1. The quantitative estimate of drug-likeness (QED) is 0.506. The van der Waals surface area contributed by atoms with Crippen molar-refractivity contribution in [2.24, 2.45) is 0 Å². The third-order valence-corrected chi connectivity index (χ3v) is 8.00. The summed E-state index contributed by atoms with van der Waals surface area (Å²) in [5, 5.41) is 3.30. The average molecular weight is 474 g/mol. The largest absolute Gasteiger partial charge is 0.379 e. The maximum absolute atomic E-state index is 12.9. The minimum Gasteiger partial charge on any atom is -0.379 e. The number of rotatable bonds is 11. The molecule has 1 saturated heterocycles. The standard InChI is InChI=1S/C25H35N3O4S/c1-4-27(5-2)24(21-11-9-20(3)10-12-21)18-26-19-25(29)22-7-6-8-23(17-22)33(30,31)28-13-15-32-16-14-28/h6-12,17,24,26H,4-5,13-16,18-19H2,1-3H3. The Balaban J connectivity index is 1.67. The molecule has 1 fully saturated rings. The number of hydrogen-bond donors (Lipinski definition) is 1. The predicted molar refractivity (Wildman–Crippen MR) is 130 cm³/mol. The van der Waals surface area contributed by atoms with Crippen LogP contribution in [0.3, 0.4) is 0 Å². The molecule has 1 aliphatic heterocycles. The minimum atomic E-state index is -3.64. The summed E-state index contributed by atoms with van der Waals surface area (Å²) >= 11 is 0. The number of benzene rings is 2. The lowest BCUT2D eigenvalue weighted by molar-refractivity contribution is 0.0730. The number of sulfonamides is 1. The highest BCUT2D eigenvalue weighted by Gasteiger charge is 2.27. The van der Waals surface area contributed by atoms with Crippen molar-refractivity contribution >= 4 is 15.8 Å². The number of aryl methyl sites for hydroxylation is 1. The van der Waals surface area contributed by atoms with Crippen molar-refractivity contribution in [3.8, 4) is 0 Å². The first-order valence-electron chi connectivity index (χ1n) is 11.6. The van der Waals surface area contributed by atoms with E-state index in [1.807, 2.05) is 0 Å². The predicted octanol–water partition coefficient (Wildman–Crippen LogP) is 2.87. The third kappa shape index (κ3) is 6.49. The van der Waals surface area contributed by atoms with Crippen molar-refractivity contribution in [3.63, 3.8) is 0 Å². The van der Waals surface area contributed by atoms with Crippen molar-refractivity contribution in [2.45, 2.75) is 31.7 Å². The molecular formula is C25H35N3O4S. The van der Waals surface area contributed by atoms with Crippen molar-refractivity contribution in [2.75, 3.05) is 52.5 Å². The Morgan fingerprint density at radius 2 is 1.76 bits per heavy atom. The number of carbonyl (C=O) groups is 1. The Morgan fingerprint density at radius 3 is 2.39 bits per heavy atom. The van der Waals surface area contributed by atoms with Crippen LogP contribution in [-0.2, 0) is 14.8 Å². The molecule has 0 bridgehead atoms. The zero-order valence-corrected chi connectivity index (χ0v) is 20.6. The summed E-state index contributed by atoms with van der Waals surface area (Å²) in [6, 6.07) is 15.0. The highest BCUT2D eigenvalue weighted by atomic mass is 32.2. The van der Waals surface area contributed by atoms with E-state index in [9.17, 15) is 13.2 Å². The first-order chi connectivity index (χ1) is 15.9. The topological polar surface area (TPSA) is 79.0 Å². The second-order valence-corrected chi connectivity index (χ2v) is 10.2. The van der Waals surface area contributed by atoms with Crippen LogP contribution in [0, 0.1) is 6.92 Å². The molecule has 0 aliphatic carbocycles. The highest BCUT2D eigenvalue weighted by molar-refractivity contribution is 7.89. The van der Waals surface area contributed by atoms with Gasteiger partial charge in [0.2, 0.25) is 10.0 Å². The van der Waals surface area contributed by atoms with Crippen LogP contribution in [0.1, 0.15) is 41.4 Å². The molecule has 1 atom stereocenters. The van der Waals surface area contributed by atoms with Crippen LogP contribution in [0.5, 0.6) is 0 Å². The minimum absolute atomic E-state index is 0.128. The van der Waals surface area contributed by atoms with Crippen molar-refractivity contribution in [1.82, 2.24) is 14.5 Å². The zero-order chi connectivity index (χ0) is 23.8. The van der Waals surface area contributed by atoms with Gasteiger partial charge in [-0.25, -0.2) is 8.42 Å². The first kappa shape index (κ1) is 25.5. The molecule has 1 N–H and O–H groups in total. The van der Waals surface area contributed by atoms with Gasteiger partial charge in [0.25, 0.3) is 0 Å². The van der Waals surface area contributed by atoms with Crippen LogP contribution >= 0.6 is 0 Å². The van der Waals surface area contributed by atoms with Crippen molar-refractivity contribution in [1.29, 1.82) is 0 Å². The van der Waals surface area contributed by atoms with Crippen LogP contribution < -0.4 is 5.32 Å². The van der Waals surface area contributed by atoms with Crippen molar-refractivity contribution < 1.29 is 17.9 Å². The molecular weight excluding hydrogens is 438 g/mol. The van der Waals surface area contributed by atoms with Gasteiger partial charge in [0.05, 0.1) is 24.7 Å². The van der Waals surface area contributed by atoms with E-state index in [4.69, 9.17) is 4.74 Å². The van der Waals surface area contributed by atoms with E-state index < -0.39 is 10.0 Å². The first-order valence-corrected chi connectivity index (χ1v) is 13.0. The normalized spacial score (nSPS) is 16.1. The number of ketones is 1. The molecule has 3 rings (SSSR count). The van der Waals surface area contributed by atoms with E-state index >= 15 is 0 Å². The maximum atomic E-state index is 12.9. The Hall–Kier alpha value is -2.10. The fourth-order valence-electron chi connectivity index (χ4n) is 4.10. The van der Waals surface area contributed by atoms with Crippen LogP contribution in [0.4, 0.5) is 0 Å². The van der Waals surface area contributed by atoms with Gasteiger partial charge in [-0.15, -0.1) is 0 Å². The molecule has 2 aromatic carbocycles. The van der Waals surface area contributed by atoms with Gasteiger partial charge in [-0.05, 0) is 37.7 Å². The number of nitrogens with one attached hydrogen (secondary N) is 1. The maximum Gasteiger partial charge on any atom is 0.243 e. The molecule has 180 valence electrons. The Bertz CT molecular complexity index is 1010. The number of nitrogens with zero attached hydrogens (tertiary/aromatic N) is 2. The number of hydrogen-bond acceptors (Lipinski definition) is 6. The van der Waals surface area contributed by atoms with Gasteiger partial charge in [0.1, 0.15) is 0 Å². The molecule has 7 nitrogen and oxygen atoms in total. The van der Waals surface area contributed by atoms with Crippen molar-refractivity contribution in [3.05, 3.63) is 65.2 Å². The SMILES string of the molecule is CCN(CC)C(CNCC(=O)c1cccc(S(=O)(=O)N2CCOCC2)c1)c1ccc(C)cc1. The fourth-order valence-corrected chi connectivity index (χ4v) is 5.56. The Labute approximate surface area is 197 Å². The summed E-state index contributed by atoms with van der Waals surface area (Å²) in [5.41, 5.74) is 2.82. The van der Waals surface area contributed by atoms with Gasteiger partial charge in [0.15, 0.2) is 5.78 Å². The number of Topliss-reactive ketones (excluding diaryl/α,β-unsaturated/α-hetero) is 1. The lowest BCUT2D eigenvalue weighted by Crippen LogP contribution is -2.40. The van der Waals surface area contributed by atoms with Crippen LogP contribution in [0.2, 0.25) is 0 Å². The van der Waals surface area contributed by atoms with E-state index in [0.717, 1.165) is 13.1 Å². The second kappa shape index (κ2) is 11.9. The van der Waals surface area contributed by atoms with Gasteiger partial charge in [-0.1, -0.05) is 55.8 Å². The monoisotopic (exact) mass is 473 g/mol. The zero-order valence-electron chi connectivity index (χ0n) is 19.8. The van der Waals surface area contributed by atoms with Crippen LogP contribution in [-0.4, -0.2) is 75.9 Å². The van der Waals surface area contributed by atoms with E-state index in [0.29, 0.717) is 38.4 Å². The highest BCUT2D eigenvalue weighted by Crippen LogP contribution is 2.21. The molecule has 1 aliphatic rings. The smallest absolute Gasteiger partial charge is 0.243 e. The van der Waals surface area contributed by atoms with E-state index in [2.05, 4.69) is 55.3 Å². The number of ether oxygens (including phenoxy) is 1. The molecule has 0 aromatic heterocycles. The lowest BCUT2D eigenvalue weighted by Gasteiger charge is -2.30. The molecule has 8 heteroatoms. The summed E-state index contributed by atoms with van der Waals surface area (Å²) in [4.78, 5) is 15.4. The third-order valence-electron chi connectivity index (χ3n) is 6.10. The summed E-state index contributed by atoms with van der Waals surface area (Å²) in [5.74, 6) is -0.128. The van der Waals surface area contributed by atoms with Gasteiger partial charge >= 0.3 is 0 Å². The summed E-state index contributed by atoms with van der Waals surface area (Å²) in [6.45, 7) is 10.4. The average Bonchev–Trinajstić information content (AvgIpc) is 2.85. The molecule has 0 amide bonds. The van der Waals surface area contributed by atoms with E-state index in [1.165, 1.54) is 21.5 Å². The second-order valence-electron chi connectivity index (χ2n) is 8.25. The fraction of sp³-hybridized carbons (Fsp3) is 0.480. The Kier molecular flexibility index (Phi) is 9.17. The van der Waals surface area contributed by atoms with E-state index in [1.54, 1.807) is 18.2 Å². The number of morpholine rings is 1. The summed E-state index contributed by atoms with van der Waals surface area (Å²) in [7, 11) is -3.64. The molecule has 2 aromatic rings. The van der Waals surface area contributed by atoms with E-state index in [-0.39, 0.29) is 23.3 Å². The van der Waals surface area contributed by atoms with Gasteiger partial charge in [-0.3, -0.25) is 9.69 Å². The molecule has 0 spiro atoms. The Morgan fingerprint density at radius 1 is 1.09 bits per heavy atom. The molecule has 0 radical (unpaired) electrons. The van der Waals surface area contributed by atoms with Gasteiger partial charge < -0.3 is 10.1 Å². The lowest BCUT2D eigenvalue weighted by atomic mass is 10.0. The molecule has 0 saturated carbocycles. The summed E-state index contributed by atoms with van der Waals surface area (Å²) in [6.07, 6.45) is 0. The molecule has 33 heavy (non-hydrogen) atoms. The number of carbonyl (C=O) groups excluding carboxylic acids is 1. The molecule has 1 heterocycles. The van der Waals surface area contributed by atoms with Gasteiger partial charge in [0, 0.05) is 31.2 Å². The van der Waals surface area contributed by atoms with Gasteiger partial charge in [-0.2, -0.15) is 4.31 Å². The van der Waals surface area contributed by atoms with Crippen LogP contribution in [0.15, 0.2) is 53.4 Å².